The second kappa shape index (κ2) is 19.4. The lowest BCUT2D eigenvalue weighted by molar-refractivity contribution is 0.590. The summed E-state index contributed by atoms with van der Waals surface area (Å²) in [6.07, 6.45) is 0. The molecule has 7 heteroatoms. The van der Waals surface area contributed by atoms with Crippen molar-refractivity contribution in [3.05, 3.63) is 240 Å². The van der Waals surface area contributed by atoms with Crippen molar-refractivity contribution in [2.75, 3.05) is 14.7 Å². The van der Waals surface area contributed by atoms with Crippen LogP contribution < -0.4 is 31.1 Å². The van der Waals surface area contributed by atoms with Crippen LogP contribution in [0.2, 0.25) is 0 Å². The van der Waals surface area contributed by atoms with E-state index in [1.165, 1.54) is 111 Å². The number of furan rings is 1. The van der Waals surface area contributed by atoms with E-state index >= 15 is 0 Å². The van der Waals surface area contributed by atoms with Crippen LogP contribution in [0.4, 0.5) is 51.2 Å². The molecule has 17 rings (SSSR count). The van der Waals surface area contributed by atoms with E-state index in [1.807, 2.05) is 0 Å². The van der Waals surface area contributed by atoms with Crippen LogP contribution in [0, 0.1) is 0 Å². The smallest absolute Gasteiger partial charge is 0.252 e. The average Bonchev–Trinajstić information content (AvgIpc) is 1.64. The van der Waals surface area contributed by atoms with Crippen LogP contribution in [0.1, 0.15) is 132 Å². The molecule has 3 aromatic heterocycles. The minimum Gasteiger partial charge on any atom is -0.456 e. The lowest BCUT2D eigenvalue weighted by Crippen LogP contribution is -2.62. The van der Waals surface area contributed by atoms with E-state index in [0.29, 0.717) is 0 Å². The third kappa shape index (κ3) is 8.60. The van der Waals surface area contributed by atoms with E-state index in [9.17, 15) is 0 Å². The van der Waals surface area contributed by atoms with Crippen molar-refractivity contribution in [2.24, 2.45) is 0 Å². The molecule has 0 radical (unpaired) electrons. The van der Waals surface area contributed by atoms with Gasteiger partial charge in [0.2, 0.25) is 0 Å². The average molecular weight is 1210 g/mol. The Balaban J connectivity index is 1.05. The van der Waals surface area contributed by atoms with Crippen LogP contribution in [0.25, 0.3) is 76.9 Å². The molecular weight excluding hydrogens is 1130 g/mol. The molecule has 0 aliphatic carbocycles. The third-order valence-electron chi connectivity index (χ3n) is 20.7. The molecule has 0 fully saturated rings. The molecule has 0 saturated heterocycles. The molecule has 0 saturated carbocycles. The maximum Gasteiger partial charge on any atom is 0.252 e. The molecule has 458 valence electrons. The Bertz CT molecular complexity index is 5380. The first-order valence-electron chi connectivity index (χ1n) is 33.4. The van der Waals surface area contributed by atoms with Crippen LogP contribution >= 0.6 is 0 Å². The maximum atomic E-state index is 6.67. The Morgan fingerprint density at radius 2 is 0.796 bits per heavy atom. The summed E-state index contributed by atoms with van der Waals surface area (Å²) < 4.78 is 11.9. The Morgan fingerprint density at radius 3 is 1.38 bits per heavy atom. The normalized spacial score (nSPS) is 13.9. The second-order valence-electron chi connectivity index (χ2n) is 32.0. The highest BCUT2D eigenvalue weighted by molar-refractivity contribution is 7.00. The van der Waals surface area contributed by atoms with Gasteiger partial charge in [0.05, 0.1) is 44.8 Å². The first-order valence-corrected chi connectivity index (χ1v) is 33.4. The molecule has 0 unspecified atom stereocenters. The first kappa shape index (κ1) is 57.2. The van der Waals surface area contributed by atoms with Crippen LogP contribution in [0.3, 0.4) is 0 Å². The number of aromatic nitrogens is 2. The molecule has 0 spiro atoms. The predicted octanol–water partition coefficient (Wildman–Crippen LogP) is 22.1. The van der Waals surface area contributed by atoms with E-state index < -0.39 is 0 Å². The molecule has 0 atom stereocenters. The number of hydrogen-bond donors (Lipinski definition) is 0. The number of fused-ring (bicyclic) bond motifs is 15. The summed E-state index contributed by atoms with van der Waals surface area (Å²) in [6.45, 7) is 35.1. The summed E-state index contributed by atoms with van der Waals surface area (Å²) in [5.41, 5.74) is 29.0. The van der Waals surface area contributed by atoms with Crippen molar-refractivity contribution in [1.82, 2.24) is 9.13 Å². The molecule has 0 bridgehead atoms. The molecule has 0 N–H and O–H groups in total. The number of rotatable bonds is 5. The van der Waals surface area contributed by atoms with Crippen LogP contribution in [0.15, 0.2) is 217 Å². The van der Waals surface area contributed by atoms with Crippen molar-refractivity contribution >= 4 is 140 Å². The van der Waals surface area contributed by atoms with Gasteiger partial charge in [-0.1, -0.05) is 189 Å². The quantitative estimate of drug-likeness (QED) is 0.161. The van der Waals surface area contributed by atoms with Crippen molar-refractivity contribution in [2.45, 2.75) is 131 Å². The van der Waals surface area contributed by atoms with Gasteiger partial charge in [-0.15, -0.1) is 0 Å². The SMILES string of the molecule is CC(C)(C)c1cc2c3c(c1)-n1c4ccc(C(C)(C)C)cc4c4cc(C(C)(C)C)cc(c41)N3c1cc(N(c3ccccc3)c3ccccc3)cc3c1B2c1ccc(-n2c4ccc(C(C)(C)C)cc4c4cc(C(C)(C)C)ccc42)cc1N3c1ccc2oc3ccccc3c2c1. The van der Waals surface area contributed by atoms with E-state index in [2.05, 4.69) is 340 Å². The summed E-state index contributed by atoms with van der Waals surface area (Å²) in [7, 11) is 0. The molecule has 93 heavy (non-hydrogen) atoms. The Labute approximate surface area is 547 Å². The molecule has 11 aromatic carbocycles. The second-order valence-corrected chi connectivity index (χ2v) is 32.0. The first-order chi connectivity index (χ1) is 44.3. The lowest BCUT2D eigenvalue weighted by Gasteiger charge is -2.47. The minimum atomic E-state index is -0.195. The van der Waals surface area contributed by atoms with Gasteiger partial charge in [-0.2, -0.15) is 0 Å². The van der Waals surface area contributed by atoms with Gasteiger partial charge in [0, 0.05) is 72.1 Å². The molecular formula is C86H80BN5O. The third-order valence-corrected chi connectivity index (χ3v) is 20.7. The van der Waals surface area contributed by atoms with Crippen molar-refractivity contribution in [3.63, 3.8) is 0 Å². The van der Waals surface area contributed by atoms with Gasteiger partial charge in [-0.05, 0) is 199 Å². The zero-order valence-electron chi connectivity index (χ0n) is 56.4. The van der Waals surface area contributed by atoms with Gasteiger partial charge in [-0.3, -0.25) is 0 Å². The van der Waals surface area contributed by atoms with E-state index in [1.54, 1.807) is 0 Å². The summed E-state index contributed by atoms with van der Waals surface area (Å²) in [6, 6.07) is 81.7. The summed E-state index contributed by atoms with van der Waals surface area (Å²) in [4.78, 5) is 7.80. The van der Waals surface area contributed by atoms with Gasteiger partial charge in [0.15, 0.2) is 0 Å². The van der Waals surface area contributed by atoms with Crippen molar-refractivity contribution in [1.29, 1.82) is 0 Å². The fraction of sp³-hybridized carbons (Fsp3) is 0.233. The van der Waals surface area contributed by atoms with E-state index in [-0.39, 0.29) is 33.8 Å². The largest absolute Gasteiger partial charge is 0.456 e. The number of anilines is 9. The highest BCUT2D eigenvalue weighted by atomic mass is 16.3. The zero-order valence-corrected chi connectivity index (χ0v) is 56.4. The number of hydrogen-bond acceptors (Lipinski definition) is 4. The fourth-order valence-electron chi connectivity index (χ4n) is 15.6. The van der Waals surface area contributed by atoms with Crippen LogP contribution in [0.5, 0.6) is 0 Å². The molecule has 0 amide bonds. The lowest BCUT2D eigenvalue weighted by atomic mass is 9.33. The molecule has 14 aromatic rings. The molecule has 3 aliphatic rings. The van der Waals surface area contributed by atoms with E-state index in [0.717, 1.165) is 61.8 Å². The van der Waals surface area contributed by atoms with Gasteiger partial charge in [0.25, 0.3) is 6.71 Å². The highest BCUT2D eigenvalue weighted by Gasteiger charge is 2.48. The fourth-order valence-corrected chi connectivity index (χ4v) is 15.6. The summed E-state index contributed by atoms with van der Waals surface area (Å²) >= 11 is 0. The zero-order chi connectivity index (χ0) is 64.3. The van der Waals surface area contributed by atoms with Gasteiger partial charge < -0.3 is 28.3 Å². The Morgan fingerprint density at radius 1 is 0.312 bits per heavy atom. The monoisotopic (exact) mass is 1210 g/mol. The maximum absolute atomic E-state index is 6.67. The van der Waals surface area contributed by atoms with Gasteiger partial charge in [0.1, 0.15) is 11.2 Å². The Kier molecular flexibility index (Phi) is 12.0. The minimum absolute atomic E-state index is 0.0358. The highest BCUT2D eigenvalue weighted by Crippen LogP contribution is 2.56. The topological polar surface area (TPSA) is 32.7 Å². The van der Waals surface area contributed by atoms with Gasteiger partial charge >= 0.3 is 0 Å². The van der Waals surface area contributed by atoms with Crippen molar-refractivity contribution in [3.8, 4) is 11.4 Å². The molecule has 6 heterocycles. The summed E-state index contributed by atoms with van der Waals surface area (Å²) in [5, 5.41) is 7.29. The Hall–Kier alpha value is -9.72. The number of para-hydroxylation sites is 3. The van der Waals surface area contributed by atoms with Gasteiger partial charge in [-0.25, -0.2) is 0 Å². The standard InChI is InChI=1S/C86H80BN5O/c1-82(2,3)51-30-36-69-62(40-51)63-41-52(83(4,5)6)31-37-70(63)89(69)59-33-35-67-72(48-59)90(58-34-39-78-65(47-58)61-28-22-23-29-77(61)93-78)73-49-60(88(56-24-18-16-19-25-56)57-26-20-17-21-27-57)50-74-79(73)87(67)68-44-55(86(13,14)15)46-76-81(68)92(74)75-45-54(85(10,11)12)43-66-64-42-53(84(7,8)9)32-38-71(64)91(76)80(66)75/h16-50H,1-15H3. The van der Waals surface area contributed by atoms with E-state index in [4.69, 9.17) is 4.42 Å². The van der Waals surface area contributed by atoms with Crippen molar-refractivity contribution < 1.29 is 4.42 Å². The predicted molar refractivity (Wildman–Crippen MR) is 398 cm³/mol. The summed E-state index contributed by atoms with van der Waals surface area (Å²) in [5.74, 6) is 0. The number of benzene rings is 11. The molecule has 6 nitrogen and oxygen atoms in total. The molecule has 3 aliphatic heterocycles. The van der Waals surface area contributed by atoms with Crippen LogP contribution in [-0.4, -0.2) is 15.8 Å². The number of nitrogens with zero attached hydrogens (tertiary/aromatic N) is 5. The van der Waals surface area contributed by atoms with Crippen LogP contribution in [-0.2, 0) is 27.1 Å².